The van der Waals surface area contributed by atoms with E-state index in [1.807, 2.05) is 0 Å². The lowest BCUT2D eigenvalue weighted by Crippen LogP contribution is -2.15. The second-order valence-corrected chi connectivity index (χ2v) is 5.25. The molecule has 0 aliphatic carbocycles. The minimum atomic E-state index is -4.37. The molecule has 0 atom stereocenters. The highest BCUT2D eigenvalue weighted by molar-refractivity contribution is 7.89. The minimum Gasteiger partial charge on any atom is -0.484 e. The van der Waals surface area contributed by atoms with Crippen LogP contribution >= 0.6 is 0 Å². The van der Waals surface area contributed by atoms with Gasteiger partial charge in [0.25, 0.3) is 0 Å². The smallest absolute Gasteiger partial charge is 0.312 e. The fourth-order valence-corrected chi connectivity index (χ4v) is 1.84. The van der Waals surface area contributed by atoms with Gasteiger partial charge in [0.2, 0.25) is 10.0 Å². The van der Waals surface area contributed by atoms with Crippen LogP contribution in [0.25, 0.3) is 0 Å². The van der Waals surface area contributed by atoms with E-state index in [1.165, 1.54) is 0 Å². The van der Waals surface area contributed by atoms with Crippen molar-refractivity contribution in [2.45, 2.75) is 24.8 Å². The predicted octanol–water partition coefficient (Wildman–Crippen LogP) is 1.17. The zero-order valence-corrected chi connectivity index (χ0v) is 10.4. The minimum absolute atomic E-state index is 0.347. The summed E-state index contributed by atoms with van der Waals surface area (Å²) in [5, 5.41) is 15.5. The summed E-state index contributed by atoms with van der Waals surface area (Å²) in [6.07, 6.45) is -0.427. The van der Waals surface area contributed by atoms with Gasteiger partial charge in [0.05, 0.1) is 11.0 Å². The maximum Gasteiger partial charge on any atom is 0.312 e. The summed E-state index contributed by atoms with van der Waals surface area (Å²) >= 11 is 0. The van der Waals surface area contributed by atoms with Crippen molar-refractivity contribution in [3.05, 3.63) is 28.1 Å². The lowest BCUT2D eigenvalue weighted by atomic mass is 10.3. The zero-order valence-electron chi connectivity index (χ0n) is 9.58. The molecular formula is C9H11FN2O5S. The SMILES string of the molecule is CC(C)Oc1cc(F)c(S(N)(=O)=O)cc1[N+](=O)[O-]. The molecule has 0 spiro atoms. The van der Waals surface area contributed by atoms with E-state index in [9.17, 15) is 22.9 Å². The number of halogens is 1. The van der Waals surface area contributed by atoms with Crippen molar-refractivity contribution in [3.63, 3.8) is 0 Å². The Labute approximate surface area is 103 Å². The first-order valence-corrected chi connectivity index (χ1v) is 6.35. The highest BCUT2D eigenvalue weighted by atomic mass is 32.2. The van der Waals surface area contributed by atoms with Gasteiger partial charge in [0.15, 0.2) is 5.75 Å². The van der Waals surface area contributed by atoms with Crippen LogP contribution in [0.15, 0.2) is 17.0 Å². The molecule has 0 aliphatic heterocycles. The largest absolute Gasteiger partial charge is 0.484 e. The van der Waals surface area contributed by atoms with E-state index in [1.54, 1.807) is 13.8 Å². The average molecular weight is 278 g/mol. The molecule has 100 valence electrons. The second kappa shape index (κ2) is 4.86. The van der Waals surface area contributed by atoms with Crippen LogP contribution < -0.4 is 9.88 Å². The van der Waals surface area contributed by atoms with Crippen LogP contribution in [0.4, 0.5) is 10.1 Å². The molecule has 2 N–H and O–H groups in total. The number of nitro benzene ring substituents is 1. The third kappa shape index (κ3) is 3.14. The Balaban J connectivity index is 3.49. The van der Waals surface area contributed by atoms with Crippen molar-refractivity contribution in [3.8, 4) is 5.75 Å². The summed E-state index contributed by atoms with van der Waals surface area (Å²) in [5.41, 5.74) is -0.658. The lowest BCUT2D eigenvalue weighted by molar-refractivity contribution is -0.386. The molecular weight excluding hydrogens is 267 g/mol. The van der Waals surface area contributed by atoms with Gasteiger partial charge in [-0.1, -0.05) is 0 Å². The predicted molar refractivity (Wildman–Crippen MR) is 60.2 cm³/mol. The van der Waals surface area contributed by atoms with Crippen molar-refractivity contribution in [1.29, 1.82) is 0 Å². The normalized spacial score (nSPS) is 11.6. The summed E-state index contributed by atoms with van der Waals surface area (Å²) in [6.45, 7) is 3.18. The first kappa shape index (κ1) is 14.3. The number of hydrogen-bond donors (Lipinski definition) is 1. The maximum atomic E-state index is 13.5. The van der Waals surface area contributed by atoms with Crippen molar-refractivity contribution in [1.82, 2.24) is 0 Å². The topological polar surface area (TPSA) is 113 Å². The number of nitro groups is 1. The molecule has 9 heteroatoms. The Bertz CT molecular complexity index is 585. The van der Waals surface area contributed by atoms with Gasteiger partial charge in [-0.25, -0.2) is 17.9 Å². The molecule has 0 amide bonds. The van der Waals surface area contributed by atoms with E-state index >= 15 is 0 Å². The molecule has 0 aromatic heterocycles. The van der Waals surface area contributed by atoms with E-state index in [4.69, 9.17) is 9.88 Å². The molecule has 1 rings (SSSR count). The molecule has 0 heterocycles. The molecule has 1 aromatic rings. The number of nitrogens with zero attached hydrogens (tertiary/aromatic N) is 1. The Hall–Kier alpha value is -1.74. The first-order valence-electron chi connectivity index (χ1n) is 4.80. The fourth-order valence-electron chi connectivity index (χ4n) is 1.23. The monoisotopic (exact) mass is 278 g/mol. The molecule has 0 saturated carbocycles. The van der Waals surface area contributed by atoms with Gasteiger partial charge >= 0.3 is 5.69 Å². The first-order chi connectivity index (χ1) is 8.12. The van der Waals surface area contributed by atoms with Crippen LogP contribution in [-0.4, -0.2) is 19.4 Å². The Morgan fingerprint density at radius 3 is 2.39 bits per heavy atom. The van der Waals surface area contributed by atoms with Crippen LogP contribution in [-0.2, 0) is 10.0 Å². The van der Waals surface area contributed by atoms with Gasteiger partial charge in [-0.2, -0.15) is 0 Å². The van der Waals surface area contributed by atoms with Crippen molar-refractivity contribution in [2.24, 2.45) is 5.14 Å². The van der Waals surface area contributed by atoms with Gasteiger partial charge in [-0.15, -0.1) is 0 Å². The highest BCUT2D eigenvalue weighted by Crippen LogP contribution is 2.32. The van der Waals surface area contributed by atoms with E-state index in [0.717, 1.165) is 0 Å². The summed E-state index contributed by atoms with van der Waals surface area (Å²) in [7, 11) is -4.37. The van der Waals surface area contributed by atoms with E-state index in [2.05, 4.69) is 0 Å². The van der Waals surface area contributed by atoms with Crippen LogP contribution in [0.5, 0.6) is 5.75 Å². The summed E-state index contributed by atoms with van der Waals surface area (Å²) in [5.74, 6) is -1.54. The Morgan fingerprint density at radius 1 is 1.44 bits per heavy atom. The van der Waals surface area contributed by atoms with Crippen molar-refractivity contribution in [2.75, 3.05) is 0 Å². The third-order valence-electron chi connectivity index (χ3n) is 1.88. The molecule has 0 unspecified atom stereocenters. The number of rotatable bonds is 4. The summed E-state index contributed by atoms with van der Waals surface area (Å²) < 4.78 is 40.6. The summed E-state index contributed by atoms with van der Waals surface area (Å²) in [6, 6.07) is 1.18. The fraction of sp³-hybridized carbons (Fsp3) is 0.333. The molecule has 0 aliphatic rings. The molecule has 0 radical (unpaired) electrons. The summed E-state index contributed by atoms with van der Waals surface area (Å²) in [4.78, 5) is 8.95. The van der Waals surface area contributed by atoms with Gasteiger partial charge < -0.3 is 4.74 Å². The number of sulfonamides is 1. The van der Waals surface area contributed by atoms with E-state index in [-0.39, 0.29) is 5.75 Å². The van der Waals surface area contributed by atoms with Gasteiger partial charge in [-0.05, 0) is 13.8 Å². The number of primary sulfonamides is 1. The molecule has 18 heavy (non-hydrogen) atoms. The van der Waals surface area contributed by atoms with Crippen LogP contribution in [0.3, 0.4) is 0 Å². The Kier molecular flexibility index (Phi) is 3.87. The highest BCUT2D eigenvalue weighted by Gasteiger charge is 2.25. The van der Waals surface area contributed by atoms with Gasteiger partial charge in [-0.3, -0.25) is 10.1 Å². The molecule has 0 bridgehead atoms. The lowest BCUT2D eigenvalue weighted by Gasteiger charge is -2.11. The van der Waals surface area contributed by atoms with Crippen molar-refractivity contribution >= 4 is 15.7 Å². The van der Waals surface area contributed by atoms with E-state index in [0.29, 0.717) is 12.1 Å². The zero-order chi connectivity index (χ0) is 14.1. The molecule has 7 nitrogen and oxygen atoms in total. The molecule has 0 fully saturated rings. The quantitative estimate of drug-likeness (QED) is 0.656. The number of nitrogens with two attached hydrogens (primary N) is 1. The average Bonchev–Trinajstić information content (AvgIpc) is 2.13. The Morgan fingerprint density at radius 2 is 2.00 bits per heavy atom. The van der Waals surface area contributed by atoms with Crippen LogP contribution in [0.1, 0.15) is 13.8 Å². The van der Waals surface area contributed by atoms with Gasteiger partial charge in [0, 0.05) is 12.1 Å². The molecule has 0 saturated heterocycles. The van der Waals surface area contributed by atoms with Crippen LogP contribution in [0.2, 0.25) is 0 Å². The standard InChI is InChI=1S/C9H11FN2O5S/c1-5(2)17-8-3-6(10)9(18(11,15)16)4-7(8)12(13)14/h3-5H,1-2H3,(H2,11,15,16). The number of ether oxygens (including phenoxy) is 1. The van der Waals surface area contributed by atoms with Crippen LogP contribution in [0, 0.1) is 15.9 Å². The van der Waals surface area contributed by atoms with E-state index < -0.39 is 37.5 Å². The number of hydrogen-bond acceptors (Lipinski definition) is 5. The van der Waals surface area contributed by atoms with Gasteiger partial charge in [0.1, 0.15) is 10.7 Å². The van der Waals surface area contributed by atoms with Crippen molar-refractivity contribution < 1.29 is 22.5 Å². The number of benzene rings is 1. The second-order valence-electron chi connectivity index (χ2n) is 3.72. The third-order valence-corrected chi connectivity index (χ3v) is 2.81. The molecule has 1 aromatic carbocycles. The maximum absolute atomic E-state index is 13.5.